The Labute approximate surface area is 129 Å². The summed E-state index contributed by atoms with van der Waals surface area (Å²) in [5, 5.41) is 0.541. The number of hydrogen-bond donors (Lipinski definition) is 2. The van der Waals surface area contributed by atoms with Gasteiger partial charge in [0.2, 0.25) is 0 Å². The van der Waals surface area contributed by atoms with E-state index in [1.165, 1.54) is 0 Å². The Morgan fingerprint density at radius 1 is 0.900 bits per heavy atom. The molecule has 2 aromatic carbocycles. The Kier molecular flexibility index (Phi) is 4.76. The second-order valence-electron chi connectivity index (χ2n) is 3.93. The maximum Gasteiger partial charge on any atom is 0.269 e. The lowest BCUT2D eigenvalue weighted by molar-refractivity contribution is 0.0846. The van der Waals surface area contributed by atoms with Gasteiger partial charge in [-0.05, 0) is 42.5 Å². The second kappa shape index (κ2) is 6.54. The molecule has 0 fully saturated rings. The average molecular weight is 354 g/mol. The molecule has 0 aliphatic rings. The minimum atomic E-state index is -0.412. The number of benzene rings is 2. The molecule has 0 aliphatic heterocycles. The van der Waals surface area contributed by atoms with Crippen LogP contribution >= 0.6 is 27.5 Å². The highest BCUT2D eigenvalue weighted by atomic mass is 79.9. The topological polar surface area (TPSA) is 58.2 Å². The van der Waals surface area contributed by atoms with Crippen molar-refractivity contribution in [1.29, 1.82) is 0 Å². The van der Waals surface area contributed by atoms with Crippen molar-refractivity contribution in [1.82, 2.24) is 10.9 Å². The van der Waals surface area contributed by atoms with E-state index in [0.717, 1.165) is 4.47 Å². The maximum atomic E-state index is 11.8. The molecule has 0 aliphatic carbocycles. The van der Waals surface area contributed by atoms with Crippen LogP contribution in [0.1, 0.15) is 20.7 Å². The number of halogens is 2. The summed E-state index contributed by atoms with van der Waals surface area (Å²) in [6.07, 6.45) is 0. The van der Waals surface area contributed by atoms with Gasteiger partial charge in [0.25, 0.3) is 11.8 Å². The monoisotopic (exact) mass is 352 g/mol. The molecule has 0 atom stereocenters. The SMILES string of the molecule is O=C(NNC(=O)c1cccc(Br)c1)c1ccc(Cl)cc1. The zero-order valence-electron chi connectivity index (χ0n) is 10.2. The molecule has 6 heteroatoms. The van der Waals surface area contributed by atoms with Gasteiger partial charge in [-0.25, -0.2) is 0 Å². The van der Waals surface area contributed by atoms with Crippen LogP contribution in [0.25, 0.3) is 0 Å². The Bertz CT molecular complexity index is 644. The van der Waals surface area contributed by atoms with Crippen molar-refractivity contribution in [3.63, 3.8) is 0 Å². The maximum absolute atomic E-state index is 11.8. The van der Waals surface area contributed by atoms with Gasteiger partial charge in [0.05, 0.1) is 0 Å². The summed E-state index contributed by atoms with van der Waals surface area (Å²) in [5.41, 5.74) is 5.53. The molecule has 0 heterocycles. The highest BCUT2D eigenvalue weighted by Gasteiger charge is 2.09. The first-order valence-corrected chi connectivity index (χ1v) is 6.85. The molecule has 2 N–H and O–H groups in total. The van der Waals surface area contributed by atoms with Gasteiger partial charge in [0.1, 0.15) is 0 Å². The molecule has 2 amide bonds. The van der Waals surface area contributed by atoms with E-state index in [1.807, 2.05) is 6.07 Å². The molecular weight excluding hydrogens is 344 g/mol. The van der Waals surface area contributed by atoms with Crippen LogP contribution in [-0.2, 0) is 0 Å². The van der Waals surface area contributed by atoms with Crippen molar-refractivity contribution in [3.05, 3.63) is 69.2 Å². The van der Waals surface area contributed by atoms with Gasteiger partial charge in [-0.15, -0.1) is 0 Å². The fraction of sp³-hybridized carbons (Fsp3) is 0. The molecule has 102 valence electrons. The number of carbonyl (C=O) groups is 2. The fourth-order valence-electron chi connectivity index (χ4n) is 1.49. The standard InChI is InChI=1S/C14H10BrClN2O2/c15-11-3-1-2-10(8-11)14(20)18-17-13(19)9-4-6-12(16)7-5-9/h1-8H,(H,17,19)(H,18,20). The minimum Gasteiger partial charge on any atom is -0.267 e. The van der Waals surface area contributed by atoms with Gasteiger partial charge in [-0.2, -0.15) is 0 Å². The summed E-state index contributed by atoms with van der Waals surface area (Å²) in [5.74, 6) is -0.807. The summed E-state index contributed by atoms with van der Waals surface area (Å²) in [6.45, 7) is 0. The molecule has 4 nitrogen and oxygen atoms in total. The molecule has 2 rings (SSSR count). The first kappa shape index (κ1) is 14.6. The highest BCUT2D eigenvalue weighted by Crippen LogP contribution is 2.11. The third-order valence-corrected chi connectivity index (χ3v) is 3.23. The van der Waals surface area contributed by atoms with Crippen molar-refractivity contribution < 1.29 is 9.59 Å². The molecule has 0 saturated carbocycles. The molecule has 2 aromatic rings. The summed E-state index contributed by atoms with van der Waals surface area (Å²) in [4.78, 5) is 23.6. The van der Waals surface area contributed by atoms with Crippen LogP contribution in [0.5, 0.6) is 0 Å². The van der Waals surface area contributed by atoms with Crippen LogP contribution in [0.3, 0.4) is 0 Å². The van der Waals surface area contributed by atoms with E-state index in [-0.39, 0.29) is 0 Å². The lowest BCUT2D eigenvalue weighted by Gasteiger charge is -2.07. The van der Waals surface area contributed by atoms with E-state index in [2.05, 4.69) is 26.8 Å². The third-order valence-electron chi connectivity index (χ3n) is 2.48. The van der Waals surface area contributed by atoms with Crippen LogP contribution in [0, 0.1) is 0 Å². The Hall–Kier alpha value is -1.85. The number of nitrogens with one attached hydrogen (secondary N) is 2. The summed E-state index contributed by atoms with van der Waals surface area (Å²) in [7, 11) is 0. The normalized spacial score (nSPS) is 9.90. The van der Waals surface area contributed by atoms with E-state index < -0.39 is 11.8 Å². The van der Waals surface area contributed by atoms with Gasteiger partial charge in [0, 0.05) is 20.6 Å². The third kappa shape index (κ3) is 3.82. The Morgan fingerprint density at radius 2 is 1.50 bits per heavy atom. The molecule has 20 heavy (non-hydrogen) atoms. The van der Waals surface area contributed by atoms with Crippen LogP contribution in [-0.4, -0.2) is 11.8 Å². The van der Waals surface area contributed by atoms with E-state index in [4.69, 9.17) is 11.6 Å². The zero-order valence-corrected chi connectivity index (χ0v) is 12.5. The number of carbonyl (C=O) groups excluding carboxylic acids is 2. The molecule has 0 aromatic heterocycles. The number of hydrogen-bond acceptors (Lipinski definition) is 2. The fourth-order valence-corrected chi connectivity index (χ4v) is 2.01. The smallest absolute Gasteiger partial charge is 0.267 e. The van der Waals surface area contributed by atoms with Gasteiger partial charge in [-0.3, -0.25) is 20.4 Å². The summed E-state index contributed by atoms with van der Waals surface area (Å²) >= 11 is 9.01. The molecule has 0 bridgehead atoms. The lowest BCUT2D eigenvalue weighted by atomic mass is 10.2. The number of hydrazine groups is 1. The van der Waals surface area contributed by atoms with Crippen molar-refractivity contribution >= 4 is 39.3 Å². The molecular formula is C14H10BrClN2O2. The van der Waals surface area contributed by atoms with E-state index >= 15 is 0 Å². The van der Waals surface area contributed by atoms with Crippen LogP contribution < -0.4 is 10.9 Å². The minimum absolute atomic E-state index is 0.395. The molecule has 0 spiro atoms. The molecule has 0 saturated heterocycles. The van der Waals surface area contributed by atoms with Crippen molar-refractivity contribution in [3.8, 4) is 0 Å². The highest BCUT2D eigenvalue weighted by molar-refractivity contribution is 9.10. The van der Waals surface area contributed by atoms with Crippen molar-refractivity contribution in [2.45, 2.75) is 0 Å². The van der Waals surface area contributed by atoms with Crippen LogP contribution in [0.2, 0.25) is 5.02 Å². The molecule has 0 radical (unpaired) electrons. The largest absolute Gasteiger partial charge is 0.269 e. The first-order chi connectivity index (χ1) is 9.56. The first-order valence-electron chi connectivity index (χ1n) is 5.68. The second-order valence-corrected chi connectivity index (χ2v) is 5.28. The summed E-state index contributed by atoms with van der Waals surface area (Å²) in [6, 6.07) is 13.2. The van der Waals surface area contributed by atoms with E-state index in [9.17, 15) is 9.59 Å². The van der Waals surface area contributed by atoms with Crippen LogP contribution in [0.15, 0.2) is 53.0 Å². The van der Waals surface area contributed by atoms with Gasteiger partial charge >= 0.3 is 0 Å². The van der Waals surface area contributed by atoms with Crippen molar-refractivity contribution in [2.75, 3.05) is 0 Å². The van der Waals surface area contributed by atoms with Gasteiger partial charge < -0.3 is 0 Å². The zero-order chi connectivity index (χ0) is 14.5. The average Bonchev–Trinajstić information content (AvgIpc) is 2.45. The number of rotatable bonds is 2. The van der Waals surface area contributed by atoms with Crippen molar-refractivity contribution in [2.24, 2.45) is 0 Å². The number of amides is 2. The van der Waals surface area contributed by atoms with Gasteiger partial charge in [0.15, 0.2) is 0 Å². The van der Waals surface area contributed by atoms with E-state index in [1.54, 1.807) is 42.5 Å². The van der Waals surface area contributed by atoms with Gasteiger partial charge in [-0.1, -0.05) is 33.6 Å². The summed E-state index contributed by atoms with van der Waals surface area (Å²) < 4.78 is 0.786. The quantitative estimate of drug-likeness (QED) is 0.815. The predicted octanol–water partition coefficient (Wildman–Crippen LogP) is 3.18. The Balaban J connectivity index is 1.96. The van der Waals surface area contributed by atoms with E-state index in [0.29, 0.717) is 16.1 Å². The molecule has 0 unspecified atom stereocenters. The predicted molar refractivity (Wildman–Crippen MR) is 80.5 cm³/mol. The lowest BCUT2D eigenvalue weighted by Crippen LogP contribution is -2.41. The van der Waals surface area contributed by atoms with Crippen LogP contribution in [0.4, 0.5) is 0 Å². The Morgan fingerprint density at radius 3 is 2.10 bits per heavy atom.